The number of rotatable bonds is 8. The van der Waals surface area contributed by atoms with Crippen LogP contribution in [0.3, 0.4) is 0 Å². The van der Waals surface area contributed by atoms with Crippen LogP contribution in [0.15, 0.2) is 60.9 Å². The highest BCUT2D eigenvalue weighted by atomic mass is 16.5. The molecule has 5 heteroatoms. The van der Waals surface area contributed by atoms with Crippen LogP contribution < -0.4 is 0 Å². The van der Waals surface area contributed by atoms with Crippen LogP contribution >= 0.6 is 0 Å². The van der Waals surface area contributed by atoms with E-state index in [1.807, 2.05) is 6.33 Å². The second kappa shape index (κ2) is 10.4. The zero-order valence-corrected chi connectivity index (χ0v) is 19.0. The van der Waals surface area contributed by atoms with E-state index < -0.39 is 0 Å². The maximum Gasteiger partial charge on any atom is 0.0958 e. The number of aromatic nitrogens is 2. The standard InChI is InChI=1S/C27H34N4O/c1-2-7-23(8-3-1)24-11-15-29(16-12-24)13-4-5-14-31-22-28-27-25(9-6-10-26(27)31)21-30-17-19-32-20-18-30/h1-3,6-11,22H,4-5,12-21H2. The van der Waals surface area contributed by atoms with Crippen molar-refractivity contribution in [2.75, 3.05) is 45.9 Å². The third-order valence-corrected chi connectivity index (χ3v) is 6.79. The highest BCUT2D eigenvalue weighted by Gasteiger charge is 2.15. The van der Waals surface area contributed by atoms with E-state index in [4.69, 9.17) is 9.72 Å². The van der Waals surface area contributed by atoms with E-state index in [2.05, 4.69) is 69.0 Å². The molecule has 3 heterocycles. The van der Waals surface area contributed by atoms with Crippen LogP contribution in [0.4, 0.5) is 0 Å². The number of fused-ring (bicyclic) bond motifs is 1. The molecule has 1 aromatic heterocycles. The van der Waals surface area contributed by atoms with Crippen molar-refractivity contribution >= 4 is 16.6 Å². The third kappa shape index (κ3) is 5.12. The molecule has 0 amide bonds. The quantitative estimate of drug-likeness (QED) is 0.495. The molecule has 168 valence electrons. The van der Waals surface area contributed by atoms with Gasteiger partial charge in [-0.3, -0.25) is 9.80 Å². The number of para-hydroxylation sites is 1. The van der Waals surface area contributed by atoms with Gasteiger partial charge in [-0.05, 0) is 48.6 Å². The first-order valence-electron chi connectivity index (χ1n) is 12.1. The Morgan fingerprint density at radius 2 is 1.69 bits per heavy atom. The van der Waals surface area contributed by atoms with E-state index >= 15 is 0 Å². The minimum Gasteiger partial charge on any atom is -0.379 e. The minimum atomic E-state index is 0.838. The molecular weight excluding hydrogens is 396 g/mol. The van der Waals surface area contributed by atoms with Crippen molar-refractivity contribution in [3.05, 3.63) is 72.1 Å². The summed E-state index contributed by atoms with van der Waals surface area (Å²) in [5.41, 5.74) is 6.64. The van der Waals surface area contributed by atoms with Gasteiger partial charge in [-0.1, -0.05) is 48.5 Å². The molecule has 0 radical (unpaired) electrons. The molecular formula is C27H34N4O. The fraction of sp³-hybridized carbons (Fsp3) is 0.444. The normalized spacial score (nSPS) is 18.2. The summed E-state index contributed by atoms with van der Waals surface area (Å²) in [5, 5.41) is 0. The number of unbranched alkanes of at least 4 members (excludes halogenated alkanes) is 1. The fourth-order valence-corrected chi connectivity index (χ4v) is 4.90. The van der Waals surface area contributed by atoms with E-state index in [9.17, 15) is 0 Å². The molecule has 0 spiro atoms. The zero-order chi connectivity index (χ0) is 21.6. The fourth-order valence-electron chi connectivity index (χ4n) is 4.90. The lowest BCUT2D eigenvalue weighted by atomic mass is 9.99. The maximum atomic E-state index is 5.49. The summed E-state index contributed by atoms with van der Waals surface area (Å²) in [5.74, 6) is 0. The number of imidazole rings is 1. The predicted octanol–water partition coefficient (Wildman–Crippen LogP) is 4.44. The number of hydrogen-bond acceptors (Lipinski definition) is 4. The predicted molar refractivity (Wildman–Crippen MR) is 131 cm³/mol. The van der Waals surface area contributed by atoms with Gasteiger partial charge in [0, 0.05) is 39.3 Å². The van der Waals surface area contributed by atoms with Crippen LogP contribution in [0.5, 0.6) is 0 Å². The SMILES string of the molecule is C1=C(c2ccccc2)CCN(CCCCn2cnc3c(CN4CCOCC4)cccc32)C1. The topological polar surface area (TPSA) is 33.5 Å². The van der Waals surface area contributed by atoms with Crippen LogP contribution in [0.25, 0.3) is 16.6 Å². The Balaban J connectivity index is 1.11. The molecule has 0 bridgehead atoms. The van der Waals surface area contributed by atoms with Crippen molar-refractivity contribution in [3.8, 4) is 0 Å². The summed E-state index contributed by atoms with van der Waals surface area (Å²) in [6.45, 7) is 9.11. The Morgan fingerprint density at radius 1 is 0.844 bits per heavy atom. The first kappa shape index (κ1) is 21.4. The molecule has 1 fully saturated rings. The van der Waals surface area contributed by atoms with Crippen LogP contribution in [0.2, 0.25) is 0 Å². The van der Waals surface area contributed by atoms with Crippen LogP contribution in [0.1, 0.15) is 30.4 Å². The summed E-state index contributed by atoms with van der Waals surface area (Å²) in [4.78, 5) is 9.82. The average molecular weight is 431 g/mol. The van der Waals surface area contributed by atoms with Gasteiger partial charge in [0.15, 0.2) is 0 Å². The van der Waals surface area contributed by atoms with Gasteiger partial charge < -0.3 is 9.30 Å². The second-order valence-electron chi connectivity index (χ2n) is 8.96. The lowest BCUT2D eigenvalue weighted by Crippen LogP contribution is -2.35. The van der Waals surface area contributed by atoms with Crippen molar-refractivity contribution in [1.82, 2.24) is 19.4 Å². The molecule has 0 N–H and O–H groups in total. The van der Waals surface area contributed by atoms with Gasteiger partial charge >= 0.3 is 0 Å². The summed E-state index contributed by atoms with van der Waals surface area (Å²) >= 11 is 0. The molecule has 2 aliphatic rings. The molecule has 1 saturated heterocycles. The monoisotopic (exact) mass is 430 g/mol. The Kier molecular flexibility index (Phi) is 6.97. The van der Waals surface area contributed by atoms with E-state index in [-0.39, 0.29) is 0 Å². The lowest BCUT2D eigenvalue weighted by Gasteiger charge is -2.26. The van der Waals surface area contributed by atoms with Crippen molar-refractivity contribution in [1.29, 1.82) is 0 Å². The largest absolute Gasteiger partial charge is 0.379 e. The summed E-state index contributed by atoms with van der Waals surface area (Å²) in [6.07, 6.45) is 8.01. The first-order valence-corrected chi connectivity index (χ1v) is 12.1. The number of morpholine rings is 1. The lowest BCUT2D eigenvalue weighted by molar-refractivity contribution is 0.0343. The molecule has 0 atom stereocenters. The van der Waals surface area contributed by atoms with Gasteiger partial charge in [0.2, 0.25) is 0 Å². The van der Waals surface area contributed by atoms with Gasteiger partial charge in [0.1, 0.15) is 0 Å². The number of benzene rings is 2. The molecule has 2 aliphatic heterocycles. The molecule has 5 rings (SSSR count). The van der Waals surface area contributed by atoms with Crippen molar-refractivity contribution in [3.63, 3.8) is 0 Å². The van der Waals surface area contributed by atoms with Gasteiger partial charge in [-0.25, -0.2) is 4.98 Å². The van der Waals surface area contributed by atoms with E-state index in [0.29, 0.717) is 0 Å². The number of ether oxygens (including phenoxy) is 1. The highest BCUT2D eigenvalue weighted by Crippen LogP contribution is 2.23. The van der Waals surface area contributed by atoms with Gasteiger partial charge in [-0.2, -0.15) is 0 Å². The highest BCUT2D eigenvalue weighted by molar-refractivity contribution is 5.79. The zero-order valence-electron chi connectivity index (χ0n) is 19.0. The minimum absolute atomic E-state index is 0.838. The first-order chi connectivity index (χ1) is 15.9. The summed E-state index contributed by atoms with van der Waals surface area (Å²) in [7, 11) is 0. The van der Waals surface area contributed by atoms with Gasteiger partial charge in [0.25, 0.3) is 0 Å². The number of hydrogen-bond donors (Lipinski definition) is 0. The van der Waals surface area contributed by atoms with Gasteiger partial charge in [-0.15, -0.1) is 0 Å². The Morgan fingerprint density at radius 3 is 2.50 bits per heavy atom. The molecule has 0 aliphatic carbocycles. The smallest absolute Gasteiger partial charge is 0.0958 e. The molecule has 3 aromatic rings. The Labute approximate surface area is 191 Å². The Bertz CT molecular complexity index is 1040. The second-order valence-corrected chi connectivity index (χ2v) is 8.96. The van der Waals surface area contributed by atoms with Crippen LogP contribution in [-0.4, -0.2) is 65.3 Å². The van der Waals surface area contributed by atoms with Crippen LogP contribution in [-0.2, 0) is 17.8 Å². The third-order valence-electron chi connectivity index (χ3n) is 6.79. The van der Waals surface area contributed by atoms with E-state index in [0.717, 1.165) is 57.9 Å². The molecule has 0 unspecified atom stereocenters. The molecule has 0 saturated carbocycles. The van der Waals surface area contributed by atoms with Crippen molar-refractivity contribution < 1.29 is 4.74 Å². The molecule has 5 nitrogen and oxygen atoms in total. The van der Waals surface area contributed by atoms with Gasteiger partial charge in [0.05, 0.1) is 30.6 Å². The van der Waals surface area contributed by atoms with Crippen LogP contribution in [0, 0.1) is 0 Å². The van der Waals surface area contributed by atoms with Crippen molar-refractivity contribution in [2.45, 2.75) is 32.4 Å². The van der Waals surface area contributed by atoms with E-state index in [1.54, 1.807) is 0 Å². The molecule has 32 heavy (non-hydrogen) atoms. The summed E-state index contributed by atoms with van der Waals surface area (Å²) in [6, 6.07) is 17.4. The number of aryl methyl sites for hydroxylation is 1. The average Bonchev–Trinajstić information content (AvgIpc) is 3.27. The van der Waals surface area contributed by atoms with E-state index in [1.165, 1.54) is 48.1 Å². The van der Waals surface area contributed by atoms with Crippen molar-refractivity contribution in [2.24, 2.45) is 0 Å². The Hall–Kier alpha value is -2.47. The number of nitrogens with zero attached hydrogens (tertiary/aromatic N) is 4. The maximum absolute atomic E-state index is 5.49. The molecule has 2 aromatic carbocycles. The summed E-state index contributed by atoms with van der Waals surface area (Å²) < 4.78 is 7.82.